The van der Waals surface area contributed by atoms with Gasteiger partial charge in [0.25, 0.3) is 5.91 Å². The molecule has 1 N–H and O–H groups in total. The largest absolute Gasteiger partial charge is 0.484 e. The third-order valence-corrected chi connectivity index (χ3v) is 4.58. The summed E-state index contributed by atoms with van der Waals surface area (Å²) >= 11 is 6.07. The van der Waals surface area contributed by atoms with Gasteiger partial charge in [-0.05, 0) is 43.2 Å². The summed E-state index contributed by atoms with van der Waals surface area (Å²) in [6.45, 7) is 4.52. The van der Waals surface area contributed by atoms with Crippen LogP contribution in [0.25, 0.3) is 0 Å². The molecule has 0 aromatic heterocycles. The number of hydrogen-bond donors (Lipinski definition) is 1. The zero-order valence-electron chi connectivity index (χ0n) is 16.4. The number of benzene rings is 2. The first-order valence-corrected chi connectivity index (χ1v) is 9.88. The molecule has 2 aromatic rings. The van der Waals surface area contributed by atoms with Gasteiger partial charge in [-0.2, -0.15) is 0 Å². The first kappa shape index (κ1) is 21.8. The van der Waals surface area contributed by atoms with E-state index in [1.807, 2.05) is 30.3 Å². The molecule has 0 radical (unpaired) electrons. The van der Waals surface area contributed by atoms with Crippen LogP contribution < -0.4 is 10.1 Å². The van der Waals surface area contributed by atoms with Gasteiger partial charge in [0.2, 0.25) is 5.91 Å². The number of ether oxygens (including phenoxy) is 1. The fourth-order valence-corrected chi connectivity index (χ4v) is 2.91. The molecule has 0 fully saturated rings. The van der Waals surface area contributed by atoms with E-state index in [9.17, 15) is 9.59 Å². The van der Waals surface area contributed by atoms with Crippen molar-refractivity contribution >= 4 is 23.4 Å². The van der Waals surface area contributed by atoms with Crippen molar-refractivity contribution in [3.05, 3.63) is 65.2 Å². The summed E-state index contributed by atoms with van der Waals surface area (Å²) in [4.78, 5) is 26.9. The molecular weight excluding hydrogens is 376 g/mol. The van der Waals surface area contributed by atoms with Gasteiger partial charge in [-0.15, -0.1) is 0 Å². The van der Waals surface area contributed by atoms with Gasteiger partial charge in [-0.25, -0.2) is 0 Å². The van der Waals surface area contributed by atoms with E-state index in [2.05, 4.69) is 12.2 Å². The molecule has 0 heterocycles. The molecule has 0 aliphatic carbocycles. The molecule has 0 aliphatic heterocycles. The highest BCUT2D eigenvalue weighted by molar-refractivity contribution is 6.30. The number of unbranched alkanes of at least 4 members (excludes halogenated alkanes) is 1. The van der Waals surface area contributed by atoms with Crippen LogP contribution in [0.4, 0.5) is 0 Å². The molecule has 1 atom stereocenters. The van der Waals surface area contributed by atoms with Gasteiger partial charge in [0, 0.05) is 18.1 Å². The van der Waals surface area contributed by atoms with Crippen LogP contribution in [-0.2, 0) is 16.1 Å². The monoisotopic (exact) mass is 402 g/mol. The van der Waals surface area contributed by atoms with Crippen LogP contribution >= 0.6 is 11.6 Å². The van der Waals surface area contributed by atoms with Crippen molar-refractivity contribution < 1.29 is 14.3 Å². The third kappa shape index (κ3) is 6.89. The third-order valence-electron chi connectivity index (χ3n) is 4.34. The number of carbonyl (C=O) groups excluding carboxylic acids is 2. The van der Waals surface area contributed by atoms with E-state index in [1.54, 1.807) is 31.2 Å². The van der Waals surface area contributed by atoms with Crippen molar-refractivity contribution in [1.82, 2.24) is 10.2 Å². The lowest BCUT2D eigenvalue weighted by Crippen LogP contribution is -2.49. The van der Waals surface area contributed by atoms with Gasteiger partial charge >= 0.3 is 0 Å². The maximum absolute atomic E-state index is 12.9. The Bertz CT molecular complexity index is 767. The first-order chi connectivity index (χ1) is 13.5. The van der Waals surface area contributed by atoms with Crippen LogP contribution in [0.1, 0.15) is 32.3 Å². The Balaban J connectivity index is 2.09. The second kappa shape index (κ2) is 11.3. The quantitative estimate of drug-likeness (QED) is 0.610. The Morgan fingerprint density at radius 2 is 1.89 bits per heavy atom. The molecule has 2 aromatic carbocycles. The first-order valence-electron chi connectivity index (χ1n) is 9.50. The fourth-order valence-electron chi connectivity index (χ4n) is 2.70. The van der Waals surface area contributed by atoms with E-state index in [4.69, 9.17) is 16.3 Å². The number of nitrogens with zero attached hydrogens (tertiary/aromatic N) is 1. The SMILES string of the molecule is CCCCNC(=O)[C@@H](C)N(Cc1cccc(Cl)c1)C(=O)COc1ccccc1. The standard InChI is InChI=1S/C22H27ClN2O3/c1-3-4-13-24-22(27)17(2)25(15-18-9-8-10-19(23)14-18)21(26)16-28-20-11-6-5-7-12-20/h5-12,14,17H,3-4,13,15-16H2,1-2H3,(H,24,27)/t17-/m1/s1. The molecule has 0 bridgehead atoms. The van der Waals surface area contributed by atoms with Gasteiger partial charge in [0.05, 0.1) is 0 Å². The molecule has 0 saturated carbocycles. The second-order valence-electron chi connectivity index (χ2n) is 6.57. The Hall–Kier alpha value is -2.53. The Labute approximate surface area is 171 Å². The lowest BCUT2D eigenvalue weighted by Gasteiger charge is -2.28. The van der Waals surface area contributed by atoms with E-state index >= 15 is 0 Å². The minimum Gasteiger partial charge on any atom is -0.484 e. The van der Waals surface area contributed by atoms with E-state index in [1.165, 1.54) is 4.90 Å². The molecule has 0 aliphatic rings. The zero-order chi connectivity index (χ0) is 20.4. The Morgan fingerprint density at radius 1 is 1.14 bits per heavy atom. The predicted molar refractivity (Wildman–Crippen MR) is 111 cm³/mol. The molecule has 0 unspecified atom stereocenters. The highest BCUT2D eigenvalue weighted by Gasteiger charge is 2.26. The summed E-state index contributed by atoms with van der Waals surface area (Å²) in [5.41, 5.74) is 0.855. The fraction of sp³-hybridized carbons (Fsp3) is 0.364. The van der Waals surface area contributed by atoms with Crippen molar-refractivity contribution in [2.24, 2.45) is 0 Å². The van der Waals surface area contributed by atoms with Gasteiger partial charge in [-0.1, -0.05) is 55.3 Å². The highest BCUT2D eigenvalue weighted by atomic mass is 35.5. The molecule has 6 heteroatoms. The summed E-state index contributed by atoms with van der Waals surface area (Å²) in [6.07, 6.45) is 1.89. The Morgan fingerprint density at radius 3 is 2.57 bits per heavy atom. The minimum absolute atomic E-state index is 0.142. The van der Waals surface area contributed by atoms with Crippen LogP contribution in [0.5, 0.6) is 5.75 Å². The number of halogens is 1. The van der Waals surface area contributed by atoms with Crippen LogP contribution in [0.2, 0.25) is 5.02 Å². The van der Waals surface area contributed by atoms with Gasteiger partial charge in [0.15, 0.2) is 6.61 Å². The summed E-state index contributed by atoms with van der Waals surface area (Å²) < 4.78 is 5.59. The summed E-state index contributed by atoms with van der Waals surface area (Å²) in [7, 11) is 0. The molecule has 5 nitrogen and oxygen atoms in total. The highest BCUT2D eigenvalue weighted by Crippen LogP contribution is 2.15. The van der Waals surface area contributed by atoms with Crippen molar-refractivity contribution in [3.63, 3.8) is 0 Å². The molecule has 2 rings (SSSR count). The lowest BCUT2D eigenvalue weighted by molar-refractivity contribution is -0.142. The molecule has 150 valence electrons. The second-order valence-corrected chi connectivity index (χ2v) is 7.01. The normalized spacial score (nSPS) is 11.5. The molecular formula is C22H27ClN2O3. The van der Waals surface area contributed by atoms with Gasteiger partial charge in [0.1, 0.15) is 11.8 Å². The topological polar surface area (TPSA) is 58.6 Å². The Kier molecular flexibility index (Phi) is 8.82. The molecule has 0 spiro atoms. The van der Waals surface area contributed by atoms with Crippen LogP contribution in [0, 0.1) is 0 Å². The van der Waals surface area contributed by atoms with Gasteiger partial charge in [-0.3, -0.25) is 9.59 Å². The minimum atomic E-state index is -0.622. The number of para-hydroxylation sites is 1. The summed E-state index contributed by atoms with van der Waals surface area (Å²) in [5.74, 6) is 0.170. The van der Waals surface area contributed by atoms with E-state index in [0.717, 1.165) is 18.4 Å². The summed E-state index contributed by atoms with van der Waals surface area (Å²) in [5, 5.41) is 3.48. The smallest absolute Gasteiger partial charge is 0.261 e. The predicted octanol–water partition coefficient (Wildman–Crippen LogP) is 4.05. The lowest BCUT2D eigenvalue weighted by atomic mass is 10.1. The van der Waals surface area contributed by atoms with E-state index in [-0.39, 0.29) is 25.0 Å². The van der Waals surface area contributed by atoms with Crippen molar-refractivity contribution in [1.29, 1.82) is 0 Å². The molecule has 0 saturated heterocycles. The number of hydrogen-bond acceptors (Lipinski definition) is 3. The molecule has 28 heavy (non-hydrogen) atoms. The number of amides is 2. The van der Waals surface area contributed by atoms with Crippen molar-refractivity contribution in [2.75, 3.05) is 13.2 Å². The number of nitrogens with one attached hydrogen (secondary N) is 1. The number of carbonyl (C=O) groups is 2. The van der Waals surface area contributed by atoms with E-state index in [0.29, 0.717) is 17.3 Å². The van der Waals surface area contributed by atoms with Crippen molar-refractivity contribution in [3.8, 4) is 5.75 Å². The van der Waals surface area contributed by atoms with Crippen molar-refractivity contribution in [2.45, 2.75) is 39.3 Å². The van der Waals surface area contributed by atoms with E-state index < -0.39 is 6.04 Å². The van der Waals surface area contributed by atoms with Crippen LogP contribution in [-0.4, -0.2) is 35.9 Å². The average molecular weight is 403 g/mol. The zero-order valence-corrected chi connectivity index (χ0v) is 17.1. The van der Waals surface area contributed by atoms with Gasteiger partial charge < -0.3 is 15.0 Å². The maximum Gasteiger partial charge on any atom is 0.261 e. The maximum atomic E-state index is 12.9. The average Bonchev–Trinajstić information content (AvgIpc) is 2.70. The van der Waals surface area contributed by atoms with Crippen LogP contribution in [0.3, 0.4) is 0 Å². The molecule has 2 amide bonds. The summed E-state index contributed by atoms with van der Waals surface area (Å²) in [6, 6.07) is 15.8. The van der Waals surface area contributed by atoms with Crippen LogP contribution in [0.15, 0.2) is 54.6 Å². The number of rotatable bonds is 10.